The predicted molar refractivity (Wildman–Crippen MR) is 141 cm³/mol. The van der Waals surface area contributed by atoms with Gasteiger partial charge in [0.25, 0.3) is 0 Å². The van der Waals surface area contributed by atoms with Gasteiger partial charge in [-0.05, 0) is 65.0 Å². The largest absolute Gasteiger partial charge is 0.490 e. The lowest BCUT2D eigenvalue weighted by Gasteiger charge is -2.40. The summed E-state index contributed by atoms with van der Waals surface area (Å²) in [6.45, 7) is 17.2. The van der Waals surface area contributed by atoms with Gasteiger partial charge in [0.05, 0.1) is 29.8 Å². The molecule has 0 saturated carbocycles. The quantitative estimate of drug-likeness (QED) is 0.432. The standard InChI is InChI=1S/C28H41N3O5/c1-8-34-15-16-35-20-9-10-22(30-17-20)21-18-29-19(2)23(25(26(32)33)36-27(3,4)5)24(21)31-13-11-28(6,7)12-14-31/h9-10,17-18,25H,8,11-16H2,1-7H3,(H,32,33)/t25-/m0/s1. The predicted octanol–water partition coefficient (Wildman–Crippen LogP) is 5.43. The molecule has 36 heavy (non-hydrogen) atoms. The van der Waals surface area contributed by atoms with Crippen LogP contribution in [0.4, 0.5) is 5.69 Å². The Morgan fingerprint density at radius 1 is 1.14 bits per heavy atom. The highest BCUT2D eigenvalue weighted by Gasteiger charge is 2.35. The third-order valence-electron chi connectivity index (χ3n) is 6.39. The Kier molecular flexibility index (Phi) is 8.95. The average molecular weight is 500 g/mol. The molecule has 1 aliphatic heterocycles. The maximum Gasteiger partial charge on any atom is 0.337 e. The number of piperidine rings is 1. The van der Waals surface area contributed by atoms with Gasteiger partial charge >= 0.3 is 5.97 Å². The molecule has 0 unspecified atom stereocenters. The number of anilines is 1. The van der Waals surface area contributed by atoms with Gasteiger partial charge in [-0.1, -0.05) is 13.8 Å². The molecule has 0 spiro atoms. The molecule has 0 radical (unpaired) electrons. The van der Waals surface area contributed by atoms with Crippen molar-refractivity contribution in [2.75, 3.05) is 37.8 Å². The van der Waals surface area contributed by atoms with E-state index in [0.29, 0.717) is 42.5 Å². The first kappa shape index (κ1) is 27.9. The fourth-order valence-electron chi connectivity index (χ4n) is 4.36. The second kappa shape index (κ2) is 11.6. The van der Waals surface area contributed by atoms with E-state index in [2.05, 4.69) is 28.7 Å². The summed E-state index contributed by atoms with van der Waals surface area (Å²) >= 11 is 0. The van der Waals surface area contributed by atoms with Crippen LogP contribution in [-0.4, -0.2) is 59.6 Å². The molecule has 3 heterocycles. The molecule has 1 fully saturated rings. The van der Waals surface area contributed by atoms with E-state index in [4.69, 9.17) is 14.2 Å². The summed E-state index contributed by atoms with van der Waals surface area (Å²) in [6.07, 6.45) is 4.34. The van der Waals surface area contributed by atoms with Gasteiger partial charge in [-0.25, -0.2) is 4.79 Å². The Labute approximate surface area is 215 Å². The van der Waals surface area contributed by atoms with E-state index >= 15 is 0 Å². The number of carboxylic acids is 1. The summed E-state index contributed by atoms with van der Waals surface area (Å²) in [5, 5.41) is 10.2. The smallest absolute Gasteiger partial charge is 0.337 e. The number of hydrogen-bond donors (Lipinski definition) is 1. The number of nitrogens with zero attached hydrogens (tertiary/aromatic N) is 3. The number of aromatic nitrogens is 2. The van der Waals surface area contributed by atoms with Gasteiger partial charge in [-0.2, -0.15) is 0 Å². The molecule has 1 saturated heterocycles. The molecule has 198 valence electrons. The SMILES string of the molecule is CCOCCOc1ccc(-c2cnc(C)c([C@H](OC(C)(C)C)C(=O)O)c2N2CCC(C)(C)CC2)nc1. The minimum Gasteiger partial charge on any atom is -0.490 e. The van der Waals surface area contributed by atoms with Gasteiger partial charge in [0.1, 0.15) is 12.4 Å². The Balaban J connectivity index is 2.07. The molecule has 3 rings (SSSR count). The molecule has 0 aliphatic carbocycles. The topological polar surface area (TPSA) is 94.0 Å². The normalized spacial score (nSPS) is 16.6. The van der Waals surface area contributed by atoms with E-state index in [9.17, 15) is 9.90 Å². The van der Waals surface area contributed by atoms with E-state index in [-0.39, 0.29) is 5.41 Å². The number of carbonyl (C=O) groups is 1. The summed E-state index contributed by atoms with van der Waals surface area (Å²) in [5.74, 6) is -0.379. The highest BCUT2D eigenvalue weighted by Crippen LogP contribution is 2.43. The number of carboxylic acid groups (broad SMARTS) is 1. The number of aliphatic carboxylic acids is 1. The first-order chi connectivity index (χ1) is 16.9. The number of aryl methyl sites for hydroxylation is 1. The Morgan fingerprint density at radius 3 is 2.39 bits per heavy atom. The molecule has 1 N–H and O–H groups in total. The zero-order valence-electron chi connectivity index (χ0n) is 22.8. The molecule has 1 atom stereocenters. The Hall–Kier alpha value is -2.71. The van der Waals surface area contributed by atoms with Gasteiger partial charge in [0.15, 0.2) is 6.10 Å². The molecule has 1 aliphatic rings. The van der Waals surface area contributed by atoms with E-state index < -0.39 is 17.7 Å². The van der Waals surface area contributed by atoms with Crippen molar-refractivity contribution in [2.24, 2.45) is 5.41 Å². The second-order valence-electron chi connectivity index (χ2n) is 11.0. The van der Waals surface area contributed by atoms with Crippen molar-refractivity contribution in [3.8, 4) is 17.0 Å². The third-order valence-corrected chi connectivity index (χ3v) is 6.39. The fourth-order valence-corrected chi connectivity index (χ4v) is 4.36. The lowest BCUT2D eigenvalue weighted by molar-refractivity contribution is -0.160. The van der Waals surface area contributed by atoms with Crippen molar-refractivity contribution in [3.63, 3.8) is 0 Å². The van der Waals surface area contributed by atoms with Gasteiger partial charge in [0, 0.05) is 42.7 Å². The molecular formula is C28H41N3O5. The summed E-state index contributed by atoms with van der Waals surface area (Å²) in [4.78, 5) is 24.0. The lowest BCUT2D eigenvalue weighted by atomic mass is 9.82. The molecule has 0 amide bonds. The fraction of sp³-hybridized carbons (Fsp3) is 0.607. The summed E-state index contributed by atoms with van der Waals surface area (Å²) < 4.78 is 17.1. The molecule has 0 bridgehead atoms. The lowest BCUT2D eigenvalue weighted by Crippen LogP contribution is -2.39. The van der Waals surface area contributed by atoms with E-state index in [0.717, 1.165) is 37.2 Å². The van der Waals surface area contributed by atoms with Crippen molar-refractivity contribution in [2.45, 2.75) is 73.0 Å². The van der Waals surface area contributed by atoms with Crippen LogP contribution in [0.3, 0.4) is 0 Å². The number of pyridine rings is 2. The van der Waals surface area contributed by atoms with E-state index in [1.165, 1.54) is 0 Å². The van der Waals surface area contributed by atoms with Gasteiger partial charge in [-0.15, -0.1) is 0 Å². The zero-order valence-corrected chi connectivity index (χ0v) is 22.8. The molecule has 2 aromatic heterocycles. The Bertz CT molecular complexity index is 1020. The molecule has 8 heteroatoms. The van der Waals surface area contributed by atoms with Gasteiger partial charge in [-0.3, -0.25) is 9.97 Å². The van der Waals surface area contributed by atoms with Crippen LogP contribution in [0.2, 0.25) is 0 Å². The van der Waals surface area contributed by atoms with Crippen LogP contribution in [0.15, 0.2) is 24.5 Å². The zero-order chi connectivity index (χ0) is 26.5. The number of hydrogen-bond acceptors (Lipinski definition) is 7. The van der Waals surface area contributed by atoms with Crippen LogP contribution < -0.4 is 9.64 Å². The van der Waals surface area contributed by atoms with Gasteiger partial charge in [0.2, 0.25) is 0 Å². The minimum atomic E-state index is -1.15. The molecule has 8 nitrogen and oxygen atoms in total. The number of ether oxygens (including phenoxy) is 3. The van der Waals surface area contributed by atoms with Crippen LogP contribution in [0, 0.1) is 12.3 Å². The first-order valence-corrected chi connectivity index (χ1v) is 12.7. The highest BCUT2D eigenvalue weighted by molar-refractivity contribution is 5.85. The average Bonchev–Trinajstić information content (AvgIpc) is 2.80. The number of rotatable bonds is 10. The van der Waals surface area contributed by atoms with Gasteiger partial charge < -0.3 is 24.2 Å². The maximum absolute atomic E-state index is 12.5. The first-order valence-electron chi connectivity index (χ1n) is 12.7. The summed E-state index contributed by atoms with van der Waals surface area (Å²) in [6, 6.07) is 3.77. The molecule has 0 aromatic carbocycles. The van der Waals surface area contributed by atoms with E-state index in [1.54, 1.807) is 12.4 Å². The van der Waals surface area contributed by atoms with Crippen LogP contribution in [0.1, 0.15) is 71.7 Å². The van der Waals surface area contributed by atoms with Crippen LogP contribution >= 0.6 is 0 Å². The van der Waals surface area contributed by atoms with E-state index in [1.807, 2.05) is 46.8 Å². The molecule has 2 aromatic rings. The van der Waals surface area contributed by atoms with Crippen molar-refractivity contribution < 1.29 is 24.1 Å². The van der Waals surface area contributed by atoms with Crippen LogP contribution in [-0.2, 0) is 14.3 Å². The van der Waals surface area contributed by atoms with Crippen LogP contribution in [0.25, 0.3) is 11.3 Å². The third kappa shape index (κ3) is 7.17. The monoisotopic (exact) mass is 499 g/mol. The highest BCUT2D eigenvalue weighted by atomic mass is 16.5. The maximum atomic E-state index is 12.5. The van der Waals surface area contributed by atoms with Crippen molar-refractivity contribution in [1.29, 1.82) is 0 Å². The van der Waals surface area contributed by atoms with Crippen molar-refractivity contribution in [3.05, 3.63) is 35.8 Å². The Morgan fingerprint density at radius 2 is 1.83 bits per heavy atom. The van der Waals surface area contributed by atoms with Crippen LogP contribution in [0.5, 0.6) is 5.75 Å². The summed E-state index contributed by atoms with van der Waals surface area (Å²) in [7, 11) is 0. The minimum absolute atomic E-state index is 0.242. The summed E-state index contributed by atoms with van der Waals surface area (Å²) in [5.41, 5.74) is 3.17. The van der Waals surface area contributed by atoms with Crippen molar-refractivity contribution >= 4 is 11.7 Å². The van der Waals surface area contributed by atoms with Crippen molar-refractivity contribution in [1.82, 2.24) is 9.97 Å². The second-order valence-corrected chi connectivity index (χ2v) is 11.0. The molecular weight excluding hydrogens is 458 g/mol.